The van der Waals surface area contributed by atoms with Crippen LogP contribution in [0.25, 0.3) is 0 Å². The average molecular weight is 334 g/mol. The molecule has 0 N–H and O–H groups in total. The molecule has 1 heterocycles. The van der Waals surface area contributed by atoms with Gasteiger partial charge in [0.15, 0.2) is 6.29 Å². The van der Waals surface area contributed by atoms with Crippen LogP contribution in [-0.2, 0) is 19.0 Å². The van der Waals surface area contributed by atoms with E-state index in [1.54, 1.807) is 5.57 Å². The van der Waals surface area contributed by atoms with Gasteiger partial charge in [-0.3, -0.25) is 4.79 Å². The highest BCUT2D eigenvalue weighted by Crippen LogP contribution is 2.55. The van der Waals surface area contributed by atoms with E-state index in [4.69, 9.17) is 14.2 Å². The lowest BCUT2D eigenvalue weighted by Crippen LogP contribution is -2.53. The van der Waals surface area contributed by atoms with E-state index in [0.717, 1.165) is 12.8 Å². The van der Waals surface area contributed by atoms with E-state index in [1.165, 1.54) is 51.2 Å². The van der Waals surface area contributed by atoms with Gasteiger partial charge in [-0.15, -0.1) is 0 Å². The Bertz CT molecular complexity index is 526. The fourth-order valence-electron chi connectivity index (χ4n) is 5.94. The van der Waals surface area contributed by atoms with Crippen LogP contribution < -0.4 is 0 Å². The first kappa shape index (κ1) is 16.6. The van der Waals surface area contributed by atoms with Crippen LogP contribution in [0, 0.1) is 23.7 Å². The fraction of sp³-hybridized carbons (Fsp3) is 0.850. The summed E-state index contributed by atoms with van der Waals surface area (Å²) >= 11 is 0. The predicted octanol–water partition coefficient (Wildman–Crippen LogP) is 3.84. The number of carbonyl (C=O) groups is 1. The molecule has 0 unspecified atom stereocenters. The molecule has 2 fully saturated rings. The van der Waals surface area contributed by atoms with Crippen LogP contribution in [0.15, 0.2) is 11.1 Å². The van der Waals surface area contributed by atoms with Crippen LogP contribution in [-0.4, -0.2) is 32.1 Å². The molecule has 4 rings (SSSR count). The van der Waals surface area contributed by atoms with Crippen LogP contribution in [0.3, 0.4) is 0 Å². The Hall–Kier alpha value is -0.870. The third kappa shape index (κ3) is 2.62. The van der Waals surface area contributed by atoms with E-state index in [9.17, 15) is 4.79 Å². The summed E-state index contributed by atoms with van der Waals surface area (Å²) in [5.41, 5.74) is 3.12. The Balaban J connectivity index is 1.75. The zero-order valence-electron chi connectivity index (χ0n) is 15.0. The van der Waals surface area contributed by atoms with Crippen molar-refractivity contribution in [3.05, 3.63) is 11.1 Å². The highest BCUT2D eigenvalue weighted by atomic mass is 16.7. The van der Waals surface area contributed by atoms with Gasteiger partial charge in [0.2, 0.25) is 0 Å². The minimum atomic E-state index is -0.166. The minimum absolute atomic E-state index is 0.0788. The molecule has 3 aliphatic carbocycles. The van der Waals surface area contributed by atoms with Crippen LogP contribution in [0.1, 0.15) is 58.3 Å². The Labute approximate surface area is 144 Å². The number of carbonyl (C=O) groups excluding carboxylic acids is 1. The van der Waals surface area contributed by atoms with E-state index < -0.39 is 0 Å². The van der Waals surface area contributed by atoms with E-state index >= 15 is 0 Å². The maximum atomic E-state index is 12.7. The van der Waals surface area contributed by atoms with Gasteiger partial charge in [-0.05, 0) is 62.4 Å². The lowest BCUT2D eigenvalue weighted by molar-refractivity contribution is -0.212. The Morgan fingerprint density at radius 3 is 2.83 bits per heavy atom. The number of allylic oxidation sites excluding steroid dienone is 1. The second kappa shape index (κ2) is 6.80. The van der Waals surface area contributed by atoms with Gasteiger partial charge in [-0.2, -0.15) is 0 Å². The van der Waals surface area contributed by atoms with Crippen molar-refractivity contribution in [1.29, 1.82) is 0 Å². The normalized spacial score (nSPS) is 41.4. The Kier molecular flexibility index (Phi) is 4.70. The molecule has 4 aliphatic rings. The van der Waals surface area contributed by atoms with E-state index in [0.29, 0.717) is 24.4 Å². The number of rotatable bonds is 3. The largest absolute Gasteiger partial charge is 0.469 e. The van der Waals surface area contributed by atoms with Gasteiger partial charge in [-0.1, -0.05) is 18.4 Å². The summed E-state index contributed by atoms with van der Waals surface area (Å²) in [7, 11) is 1.52. The molecule has 134 valence electrons. The van der Waals surface area contributed by atoms with Gasteiger partial charge in [0, 0.05) is 13.0 Å². The molecule has 24 heavy (non-hydrogen) atoms. The predicted molar refractivity (Wildman–Crippen MR) is 90.2 cm³/mol. The van der Waals surface area contributed by atoms with Crippen LogP contribution >= 0.6 is 0 Å². The van der Waals surface area contributed by atoms with Crippen LogP contribution in [0.2, 0.25) is 0 Å². The van der Waals surface area contributed by atoms with Crippen molar-refractivity contribution < 1.29 is 19.0 Å². The van der Waals surface area contributed by atoms with Gasteiger partial charge in [0.05, 0.1) is 19.1 Å². The molecule has 1 saturated carbocycles. The first-order chi connectivity index (χ1) is 11.7. The summed E-state index contributed by atoms with van der Waals surface area (Å²) in [6.07, 6.45) is 9.27. The summed E-state index contributed by atoms with van der Waals surface area (Å²) in [6, 6.07) is 0. The molecule has 0 aromatic heterocycles. The monoisotopic (exact) mass is 334 g/mol. The van der Waals surface area contributed by atoms with E-state index in [1.807, 2.05) is 6.92 Å². The molecule has 0 amide bonds. The molecule has 0 aromatic carbocycles. The topological polar surface area (TPSA) is 44.8 Å². The SMILES string of the molecule is CCO[C@H]1C[C@H]2CCCC3=C2[C@H](O1)[C@H](C(=O)OC)[C@H]1CCCC[C@H]31. The number of hydrogen-bond donors (Lipinski definition) is 0. The third-order valence-corrected chi connectivity index (χ3v) is 6.77. The van der Waals surface area contributed by atoms with E-state index in [2.05, 4.69) is 0 Å². The number of fused-ring (bicyclic) bond motifs is 2. The van der Waals surface area contributed by atoms with Gasteiger partial charge < -0.3 is 14.2 Å². The number of hydrogen-bond acceptors (Lipinski definition) is 4. The molecule has 0 radical (unpaired) electrons. The highest BCUT2D eigenvalue weighted by molar-refractivity contribution is 5.75. The zero-order valence-corrected chi connectivity index (χ0v) is 15.0. The number of methoxy groups -OCH3 is 1. The van der Waals surface area contributed by atoms with Gasteiger partial charge >= 0.3 is 5.97 Å². The lowest BCUT2D eigenvalue weighted by Gasteiger charge is -2.52. The third-order valence-electron chi connectivity index (χ3n) is 6.77. The smallest absolute Gasteiger partial charge is 0.311 e. The standard InChI is InChI=1S/C20H30O4/c1-3-23-16-11-12-7-6-10-14-13-8-4-5-9-15(13)18(20(21)22-2)19(24-16)17(12)14/h12-13,15-16,18-19H,3-11H2,1-2H3/t12-,13-,15+,16-,18-,19+/m1/s1. The maximum absolute atomic E-state index is 12.7. The lowest BCUT2D eigenvalue weighted by atomic mass is 9.57. The maximum Gasteiger partial charge on any atom is 0.311 e. The Morgan fingerprint density at radius 2 is 2.04 bits per heavy atom. The molecule has 4 heteroatoms. The highest BCUT2D eigenvalue weighted by Gasteiger charge is 2.53. The summed E-state index contributed by atoms with van der Waals surface area (Å²) in [5, 5.41) is 0. The second-order valence-corrected chi connectivity index (χ2v) is 7.85. The Morgan fingerprint density at radius 1 is 1.21 bits per heavy atom. The fourth-order valence-corrected chi connectivity index (χ4v) is 5.94. The molecular formula is C20H30O4. The minimum Gasteiger partial charge on any atom is -0.469 e. The quantitative estimate of drug-likeness (QED) is 0.581. The molecule has 0 bridgehead atoms. The zero-order chi connectivity index (χ0) is 16.7. The number of esters is 1. The van der Waals surface area contributed by atoms with Crippen molar-refractivity contribution in [3.63, 3.8) is 0 Å². The summed E-state index contributed by atoms with van der Waals surface area (Å²) in [5.74, 6) is 1.31. The molecule has 1 saturated heterocycles. The van der Waals surface area contributed by atoms with Gasteiger partial charge in [0.1, 0.15) is 0 Å². The first-order valence-electron chi connectivity index (χ1n) is 9.82. The summed E-state index contributed by atoms with van der Waals surface area (Å²) in [6.45, 7) is 2.67. The molecule has 0 spiro atoms. The second-order valence-electron chi connectivity index (χ2n) is 7.85. The van der Waals surface area contributed by atoms with Crippen molar-refractivity contribution in [2.75, 3.05) is 13.7 Å². The van der Waals surface area contributed by atoms with Crippen molar-refractivity contribution in [2.24, 2.45) is 23.7 Å². The van der Waals surface area contributed by atoms with Crippen molar-refractivity contribution in [1.82, 2.24) is 0 Å². The van der Waals surface area contributed by atoms with Crippen LogP contribution in [0.4, 0.5) is 0 Å². The van der Waals surface area contributed by atoms with E-state index in [-0.39, 0.29) is 24.3 Å². The summed E-state index contributed by atoms with van der Waals surface area (Å²) < 4.78 is 17.4. The van der Waals surface area contributed by atoms with Gasteiger partial charge in [-0.25, -0.2) is 0 Å². The molecular weight excluding hydrogens is 304 g/mol. The molecule has 1 aliphatic heterocycles. The molecule has 4 nitrogen and oxygen atoms in total. The molecule has 6 atom stereocenters. The number of ether oxygens (including phenoxy) is 3. The van der Waals surface area contributed by atoms with Crippen molar-refractivity contribution >= 4 is 5.97 Å². The average Bonchev–Trinajstić information content (AvgIpc) is 2.62. The van der Waals surface area contributed by atoms with Gasteiger partial charge in [0.25, 0.3) is 0 Å². The van der Waals surface area contributed by atoms with Crippen molar-refractivity contribution in [2.45, 2.75) is 70.7 Å². The molecule has 0 aromatic rings. The van der Waals surface area contributed by atoms with Crippen LogP contribution in [0.5, 0.6) is 0 Å². The summed E-state index contributed by atoms with van der Waals surface area (Å²) in [4.78, 5) is 12.7. The first-order valence-corrected chi connectivity index (χ1v) is 9.82. The van der Waals surface area contributed by atoms with Crippen molar-refractivity contribution in [3.8, 4) is 0 Å².